The highest BCUT2D eigenvalue weighted by atomic mass is 17.0. The molecule has 16 heavy (non-hydrogen) atoms. The lowest BCUT2D eigenvalue weighted by Gasteiger charge is -2.08. The highest BCUT2D eigenvalue weighted by Crippen LogP contribution is 2.25. The van der Waals surface area contributed by atoms with Gasteiger partial charge in [0.05, 0.1) is 5.56 Å². The van der Waals surface area contributed by atoms with Crippen molar-refractivity contribution >= 4 is 5.97 Å². The zero-order chi connectivity index (χ0) is 12.1. The molecule has 0 bridgehead atoms. The van der Waals surface area contributed by atoms with Gasteiger partial charge in [-0.25, -0.2) is 4.79 Å². The third kappa shape index (κ3) is 2.57. The summed E-state index contributed by atoms with van der Waals surface area (Å²) >= 11 is 0. The largest absolute Gasteiger partial charge is 0.478 e. The van der Waals surface area contributed by atoms with Crippen LogP contribution in [0.2, 0.25) is 0 Å². The van der Waals surface area contributed by atoms with Crippen LogP contribution in [0.15, 0.2) is 30.9 Å². The van der Waals surface area contributed by atoms with Crippen LogP contribution in [0.25, 0.3) is 0 Å². The number of benzene rings is 1. The maximum Gasteiger partial charge on any atom is 0.337 e. The number of allylic oxidation sites excluding steroid dienone is 1. The Bertz CT molecular complexity index is 441. The van der Waals surface area contributed by atoms with Gasteiger partial charge in [-0.1, -0.05) is 18.2 Å². The van der Waals surface area contributed by atoms with Gasteiger partial charge in [0.25, 0.3) is 5.09 Å². The van der Waals surface area contributed by atoms with Crippen molar-refractivity contribution in [3.63, 3.8) is 0 Å². The fourth-order valence-corrected chi connectivity index (χ4v) is 1.25. The van der Waals surface area contributed by atoms with Crippen LogP contribution in [0.3, 0.4) is 0 Å². The molecule has 84 valence electrons. The van der Waals surface area contributed by atoms with Crippen LogP contribution >= 0.6 is 0 Å². The Kier molecular flexibility index (Phi) is 3.60. The highest BCUT2D eigenvalue weighted by molar-refractivity contribution is 5.91. The van der Waals surface area contributed by atoms with Gasteiger partial charge in [0.15, 0.2) is 0 Å². The number of carboxylic acids is 1. The van der Waals surface area contributed by atoms with E-state index in [1.54, 1.807) is 6.07 Å². The van der Waals surface area contributed by atoms with E-state index in [2.05, 4.69) is 11.4 Å². The first-order valence-corrected chi connectivity index (χ1v) is 4.34. The molecule has 6 nitrogen and oxygen atoms in total. The van der Waals surface area contributed by atoms with Crippen LogP contribution in [-0.2, 0) is 6.42 Å². The molecule has 0 aliphatic rings. The maximum atomic E-state index is 10.8. The lowest BCUT2D eigenvalue weighted by molar-refractivity contribution is -0.711. The van der Waals surface area contributed by atoms with Gasteiger partial charge in [-0.05, 0) is 18.1 Å². The SMILES string of the molecule is C=CCc1cccc(C(=O)O)c1O[N+](=O)[O-]. The van der Waals surface area contributed by atoms with Gasteiger partial charge in [-0.3, -0.25) is 4.84 Å². The van der Waals surface area contributed by atoms with Crippen molar-refractivity contribution in [2.75, 3.05) is 0 Å². The Morgan fingerprint density at radius 2 is 2.31 bits per heavy atom. The number of carboxylic acid groups (broad SMARTS) is 1. The Hall–Kier alpha value is -2.37. The van der Waals surface area contributed by atoms with Gasteiger partial charge < -0.3 is 5.11 Å². The number of hydrogen-bond acceptors (Lipinski definition) is 4. The van der Waals surface area contributed by atoms with Crippen molar-refractivity contribution < 1.29 is 19.8 Å². The summed E-state index contributed by atoms with van der Waals surface area (Å²) in [5.74, 6) is -1.53. The van der Waals surface area contributed by atoms with Gasteiger partial charge in [0, 0.05) is 0 Å². The Morgan fingerprint density at radius 3 is 2.81 bits per heavy atom. The van der Waals surface area contributed by atoms with Crippen molar-refractivity contribution in [2.45, 2.75) is 6.42 Å². The summed E-state index contributed by atoms with van der Waals surface area (Å²) in [5.41, 5.74) is 0.169. The third-order valence-corrected chi connectivity index (χ3v) is 1.86. The number of hydrogen-bond donors (Lipinski definition) is 1. The average molecular weight is 223 g/mol. The standard InChI is InChI=1S/C10H9NO5/c1-2-4-7-5-3-6-8(10(12)13)9(7)16-11(14)15/h2-3,5-6H,1,4H2,(H,12,13). The van der Waals surface area contributed by atoms with E-state index in [1.807, 2.05) is 0 Å². The molecule has 0 amide bonds. The van der Waals surface area contributed by atoms with E-state index in [0.29, 0.717) is 12.0 Å². The predicted octanol–water partition coefficient (Wildman–Crippen LogP) is 1.68. The zero-order valence-electron chi connectivity index (χ0n) is 8.25. The fourth-order valence-electron chi connectivity index (χ4n) is 1.25. The molecule has 1 rings (SSSR count). The molecule has 0 fully saturated rings. The van der Waals surface area contributed by atoms with Gasteiger partial charge in [0.2, 0.25) is 0 Å². The lowest BCUT2D eigenvalue weighted by atomic mass is 10.1. The first kappa shape index (κ1) is 11.7. The number of nitrogens with zero attached hydrogens (tertiary/aromatic N) is 1. The first-order valence-electron chi connectivity index (χ1n) is 4.34. The monoisotopic (exact) mass is 223 g/mol. The number of aromatic carboxylic acids is 1. The van der Waals surface area contributed by atoms with Gasteiger partial charge in [0.1, 0.15) is 5.75 Å². The zero-order valence-corrected chi connectivity index (χ0v) is 8.25. The van der Waals surface area contributed by atoms with Crippen molar-refractivity contribution in [1.29, 1.82) is 0 Å². The van der Waals surface area contributed by atoms with Crippen LogP contribution in [-0.4, -0.2) is 16.2 Å². The van der Waals surface area contributed by atoms with Gasteiger partial charge >= 0.3 is 5.97 Å². The van der Waals surface area contributed by atoms with Crippen molar-refractivity contribution in [2.24, 2.45) is 0 Å². The smallest absolute Gasteiger partial charge is 0.337 e. The summed E-state index contributed by atoms with van der Waals surface area (Å²) in [4.78, 5) is 25.4. The summed E-state index contributed by atoms with van der Waals surface area (Å²) in [6, 6.07) is 4.29. The summed E-state index contributed by atoms with van der Waals surface area (Å²) < 4.78 is 0. The van der Waals surface area contributed by atoms with E-state index in [-0.39, 0.29) is 11.3 Å². The van der Waals surface area contributed by atoms with E-state index in [0.717, 1.165) is 0 Å². The summed E-state index contributed by atoms with van der Waals surface area (Å²) in [6.45, 7) is 3.48. The molecule has 1 N–H and O–H groups in total. The highest BCUT2D eigenvalue weighted by Gasteiger charge is 2.16. The second-order valence-electron chi connectivity index (χ2n) is 2.91. The fraction of sp³-hybridized carbons (Fsp3) is 0.100. The molecule has 0 aliphatic heterocycles. The molecule has 0 saturated heterocycles. The Balaban J connectivity index is 3.27. The molecule has 1 aromatic rings. The summed E-state index contributed by atoms with van der Waals surface area (Å²) in [5, 5.41) is 18.1. The van der Waals surface area contributed by atoms with E-state index in [1.165, 1.54) is 18.2 Å². The molecule has 0 aromatic heterocycles. The maximum absolute atomic E-state index is 10.8. The molecule has 0 spiro atoms. The summed E-state index contributed by atoms with van der Waals surface area (Å²) in [6.07, 6.45) is 1.80. The molecule has 1 aromatic carbocycles. The van der Waals surface area contributed by atoms with E-state index >= 15 is 0 Å². The third-order valence-electron chi connectivity index (χ3n) is 1.86. The quantitative estimate of drug-likeness (QED) is 0.466. The molecular formula is C10H9NO5. The second-order valence-corrected chi connectivity index (χ2v) is 2.91. The van der Waals surface area contributed by atoms with Crippen molar-refractivity contribution in [3.05, 3.63) is 52.1 Å². The van der Waals surface area contributed by atoms with Crippen LogP contribution < -0.4 is 4.84 Å². The van der Waals surface area contributed by atoms with Crippen LogP contribution in [0.4, 0.5) is 0 Å². The molecule has 0 heterocycles. The van der Waals surface area contributed by atoms with E-state index in [4.69, 9.17) is 5.11 Å². The predicted molar refractivity (Wildman–Crippen MR) is 54.9 cm³/mol. The lowest BCUT2D eigenvalue weighted by Crippen LogP contribution is -2.10. The number of carbonyl (C=O) groups is 1. The minimum atomic E-state index is -1.28. The van der Waals surface area contributed by atoms with E-state index < -0.39 is 11.1 Å². The molecular weight excluding hydrogens is 214 g/mol. The number of para-hydroxylation sites is 1. The number of rotatable bonds is 5. The Morgan fingerprint density at radius 1 is 1.62 bits per heavy atom. The van der Waals surface area contributed by atoms with Crippen molar-refractivity contribution in [1.82, 2.24) is 0 Å². The molecule has 0 unspecified atom stereocenters. The molecule has 0 atom stereocenters. The van der Waals surface area contributed by atoms with Gasteiger partial charge in [-0.2, -0.15) is 0 Å². The molecule has 0 aliphatic carbocycles. The van der Waals surface area contributed by atoms with Crippen LogP contribution in [0.1, 0.15) is 15.9 Å². The topological polar surface area (TPSA) is 89.7 Å². The normalized spacial score (nSPS) is 9.50. The van der Waals surface area contributed by atoms with E-state index in [9.17, 15) is 14.9 Å². The first-order chi connectivity index (χ1) is 7.56. The molecule has 6 heteroatoms. The second kappa shape index (κ2) is 4.92. The minimum Gasteiger partial charge on any atom is -0.478 e. The minimum absolute atomic E-state index is 0.240. The van der Waals surface area contributed by atoms with Crippen LogP contribution in [0.5, 0.6) is 5.75 Å². The van der Waals surface area contributed by atoms with Crippen molar-refractivity contribution in [3.8, 4) is 5.75 Å². The molecule has 0 radical (unpaired) electrons. The van der Waals surface area contributed by atoms with Gasteiger partial charge in [-0.15, -0.1) is 16.7 Å². The van der Waals surface area contributed by atoms with Crippen LogP contribution in [0, 0.1) is 10.1 Å². The summed E-state index contributed by atoms with van der Waals surface area (Å²) in [7, 11) is 0. The average Bonchev–Trinajstić information content (AvgIpc) is 2.19. The Labute approximate surface area is 90.9 Å². The molecule has 0 saturated carbocycles.